The van der Waals surface area contributed by atoms with Crippen molar-refractivity contribution in [3.05, 3.63) is 29.4 Å². The molecule has 0 radical (unpaired) electrons. The summed E-state index contributed by atoms with van der Waals surface area (Å²) in [5.41, 5.74) is 0.569. The van der Waals surface area contributed by atoms with Crippen LogP contribution in [0.1, 0.15) is 50.9 Å². The van der Waals surface area contributed by atoms with E-state index in [9.17, 15) is 13.2 Å². The predicted molar refractivity (Wildman–Crippen MR) is 60.7 cm³/mol. The van der Waals surface area contributed by atoms with Gasteiger partial charge in [0.05, 0.1) is 6.33 Å². The number of rotatable bonds is 4. The molecular weight excluding hydrogens is 229 g/mol. The summed E-state index contributed by atoms with van der Waals surface area (Å²) in [6, 6.07) is 0. The Bertz CT molecular complexity index is 387. The topological polar surface area (TPSA) is 28.7 Å². The highest BCUT2D eigenvalue weighted by Gasteiger charge is 2.37. The van der Waals surface area contributed by atoms with Crippen LogP contribution >= 0.6 is 0 Å². The number of imidazole rings is 1. The Kier molecular flexibility index (Phi) is 4.37. The van der Waals surface area contributed by atoms with Crippen molar-refractivity contribution in [1.82, 2.24) is 9.97 Å². The van der Waals surface area contributed by atoms with Crippen LogP contribution in [-0.2, 0) is 6.18 Å². The van der Waals surface area contributed by atoms with E-state index >= 15 is 0 Å². The van der Waals surface area contributed by atoms with Gasteiger partial charge in [0.25, 0.3) is 0 Å². The molecule has 0 aliphatic heterocycles. The van der Waals surface area contributed by atoms with Crippen LogP contribution < -0.4 is 0 Å². The van der Waals surface area contributed by atoms with E-state index in [1.165, 1.54) is 5.57 Å². The van der Waals surface area contributed by atoms with Crippen LogP contribution in [0.4, 0.5) is 13.2 Å². The molecule has 1 atom stereocenters. The summed E-state index contributed by atoms with van der Waals surface area (Å²) in [5, 5.41) is 0. The molecule has 2 nitrogen and oxygen atoms in total. The largest absolute Gasteiger partial charge is 0.435 e. The van der Waals surface area contributed by atoms with Crippen LogP contribution in [-0.4, -0.2) is 9.97 Å². The molecule has 1 rings (SSSR count). The van der Waals surface area contributed by atoms with Crippen molar-refractivity contribution in [2.45, 2.75) is 45.7 Å². The lowest BCUT2D eigenvalue weighted by Gasteiger charge is -2.12. The fourth-order valence-corrected chi connectivity index (χ4v) is 1.67. The molecule has 0 bridgehead atoms. The predicted octanol–water partition coefficient (Wildman–Crippen LogP) is 4.28. The zero-order valence-corrected chi connectivity index (χ0v) is 10.2. The van der Waals surface area contributed by atoms with Crippen molar-refractivity contribution in [2.75, 3.05) is 0 Å². The highest BCUT2D eigenvalue weighted by molar-refractivity contribution is 5.18. The molecular formula is C12H17F3N2. The molecule has 1 N–H and O–H groups in total. The summed E-state index contributed by atoms with van der Waals surface area (Å²) < 4.78 is 37.8. The molecule has 0 amide bonds. The number of aromatic amines is 1. The van der Waals surface area contributed by atoms with Crippen LogP contribution in [0.3, 0.4) is 0 Å². The normalized spacial score (nSPS) is 13.5. The molecule has 0 aliphatic carbocycles. The Labute approximate surface area is 99.0 Å². The third-order valence-electron chi connectivity index (χ3n) is 2.58. The van der Waals surface area contributed by atoms with E-state index in [1.807, 2.05) is 19.9 Å². The molecule has 1 aromatic heterocycles. The van der Waals surface area contributed by atoms with Gasteiger partial charge < -0.3 is 4.98 Å². The molecule has 0 saturated heterocycles. The third-order valence-corrected chi connectivity index (χ3v) is 2.58. The number of hydrogen-bond acceptors (Lipinski definition) is 1. The van der Waals surface area contributed by atoms with Gasteiger partial charge in [0.2, 0.25) is 0 Å². The Morgan fingerprint density at radius 1 is 1.47 bits per heavy atom. The van der Waals surface area contributed by atoms with Gasteiger partial charge in [-0.2, -0.15) is 13.2 Å². The van der Waals surface area contributed by atoms with Gasteiger partial charge in [0.1, 0.15) is 0 Å². The maximum Gasteiger partial charge on any atom is 0.435 e. The van der Waals surface area contributed by atoms with E-state index in [1.54, 1.807) is 6.92 Å². The van der Waals surface area contributed by atoms with Crippen LogP contribution in [0.5, 0.6) is 0 Å². The van der Waals surface area contributed by atoms with Crippen molar-refractivity contribution < 1.29 is 13.2 Å². The van der Waals surface area contributed by atoms with Crippen LogP contribution in [0.2, 0.25) is 0 Å². The number of aromatic nitrogens is 2. The first kappa shape index (κ1) is 13.8. The van der Waals surface area contributed by atoms with Gasteiger partial charge in [0.15, 0.2) is 5.69 Å². The van der Waals surface area contributed by atoms with Gasteiger partial charge in [-0.1, -0.05) is 18.6 Å². The smallest absolute Gasteiger partial charge is 0.348 e. The minimum atomic E-state index is -4.37. The van der Waals surface area contributed by atoms with Gasteiger partial charge in [-0.25, -0.2) is 4.98 Å². The van der Waals surface area contributed by atoms with Crippen molar-refractivity contribution in [3.8, 4) is 0 Å². The van der Waals surface area contributed by atoms with E-state index in [4.69, 9.17) is 0 Å². The van der Waals surface area contributed by atoms with Gasteiger partial charge in [0, 0.05) is 5.69 Å². The molecule has 0 saturated carbocycles. The fraction of sp³-hybridized carbons (Fsp3) is 0.583. The summed E-state index contributed by atoms with van der Waals surface area (Å²) in [5.74, 6) is -0.176. The maximum atomic E-state index is 12.6. The average molecular weight is 246 g/mol. The van der Waals surface area contributed by atoms with Crippen molar-refractivity contribution in [3.63, 3.8) is 0 Å². The molecule has 96 valence electrons. The molecule has 0 fully saturated rings. The molecule has 0 spiro atoms. The highest BCUT2D eigenvalue weighted by Crippen LogP contribution is 2.34. The Morgan fingerprint density at radius 2 is 2.12 bits per heavy atom. The third kappa shape index (κ3) is 3.91. The van der Waals surface area contributed by atoms with Gasteiger partial charge >= 0.3 is 6.18 Å². The first-order chi connectivity index (χ1) is 7.82. The fourth-order valence-electron chi connectivity index (χ4n) is 1.67. The molecule has 1 aromatic rings. The number of halogens is 3. The highest BCUT2D eigenvalue weighted by atomic mass is 19.4. The minimum absolute atomic E-state index is 0.176. The van der Waals surface area contributed by atoms with Crippen LogP contribution in [0.15, 0.2) is 18.0 Å². The van der Waals surface area contributed by atoms with Crippen LogP contribution in [0, 0.1) is 0 Å². The standard InChI is InChI=1S/C12H17F3N2/c1-8(2)5-4-6-9(3)10-11(12(13,14)15)17-7-16-10/h5,7,9H,4,6H2,1-3H3,(H,16,17). The zero-order valence-electron chi connectivity index (χ0n) is 10.2. The van der Waals surface area contributed by atoms with Crippen molar-refractivity contribution in [1.29, 1.82) is 0 Å². The number of nitrogens with zero attached hydrogens (tertiary/aromatic N) is 1. The molecule has 17 heavy (non-hydrogen) atoms. The lowest BCUT2D eigenvalue weighted by atomic mass is 9.99. The van der Waals surface area contributed by atoms with Gasteiger partial charge in [-0.05, 0) is 32.6 Å². The molecule has 0 aliphatic rings. The molecule has 1 heterocycles. The summed E-state index contributed by atoms with van der Waals surface area (Å²) >= 11 is 0. The summed E-state index contributed by atoms with van der Waals surface area (Å²) in [7, 11) is 0. The maximum absolute atomic E-state index is 12.6. The summed E-state index contributed by atoms with van der Waals surface area (Å²) in [6.45, 7) is 5.73. The monoisotopic (exact) mass is 246 g/mol. The molecule has 0 aromatic carbocycles. The summed E-state index contributed by atoms with van der Waals surface area (Å²) in [6.07, 6.45) is 0.214. The summed E-state index contributed by atoms with van der Waals surface area (Å²) in [4.78, 5) is 5.95. The second kappa shape index (κ2) is 5.38. The zero-order chi connectivity index (χ0) is 13.1. The van der Waals surface area contributed by atoms with E-state index in [2.05, 4.69) is 9.97 Å². The first-order valence-corrected chi connectivity index (χ1v) is 5.56. The Hall–Kier alpha value is -1.26. The SMILES string of the molecule is CC(C)=CCCC(C)c1[nH]cnc1C(F)(F)F. The number of H-pyrrole nitrogens is 1. The lowest BCUT2D eigenvalue weighted by Crippen LogP contribution is -2.11. The van der Waals surface area contributed by atoms with Crippen molar-refractivity contribution in [2.24, 2.45) is 0 Å². The second-order valence-corrected chi connectivity index (χ2v) is 4.42. The van der Waals surface area contributed by atoms with E-state index < -0.39 is 11.9 Å². The number of nitrogens with one attached hydrogen (secondary N) is 1. The second-order valence-electron chi connectivity index (χ2n) is 4.42. The Morgan fingerprint density at radius 3 is 2.65 bits per heavy atom. The van der Waals surface area contributed by atoms with Gasteiger partial charge in [-0.3, -0.25) is 0 Å². The van der Waals surface area contributed by atoms with E-state index in [-0.39, 0.29) is 11.6 Å². The first-order valence-electron chi connectivity index (χ1n) is 5.56. The number of hydrogen-bond donors (Lipinski definition) is 1. The molecule has 1 unspecified atom stereocenters. The Balaban J connectivity index is 2.73. The average Bonchev–Trinajstić information content (AvgIpc) is 2.64. The molecule has 5 heteroatoms. The number of allylic oxidation sites excluding steroid dienone is 2. The minimum Gasteiger partial charge on any atom is -0.348 e. The quantitative estimate of drug-likeness (QED) is 0.789. The van der Waals surface area contributed by atoms with E-state index in [0.29, 0.717) is 6.42 Å². The lowest BCUT2D eigenvalue weighted by molar-refractivity contribution is -0.141. The number of alkyl halides is 3. The van der Waals surface area contributed by atoms with Gasteiger partial charge in [-0.15, -0.1) is 0 Å². The van der Waals surface area contributed by atoms with Crippen LogP contribution in [0.25, 0.3) is 0 Å². The van der Waals surface area contributed by atoms with Crippen molar-refractivity contribution >= 4 is 0 Å². The van der Waals surface area contributed by atoms with E-state index in [0.717, 1.165) is 12.7 Å².